The van der Waals surface area contributed by atoms with E-state index >= 15 is 0 Å². The summed E-state index contributed by atoms with van der Waals surface area (Å²) in [6, 6.07) is 56.4. The van der Waals surface area contributed by atoms with Crippen LogP contribution < -0.4 is 0 Å². The van der Waals surface area contributed by atoms with E-state index in [1.165, 1.54) is 49.5 Å². The largest absolute Gasteiger partial charge is 0.455 e. The Kier molecular flexibility index (Phi) is 5.00. The molecule has 0 saturated carbocycles. The van der Waals surface area contributed by atoms with Crippen LogP contribution in [0.3, 0.4) is 0 Å². The number of benzene rings is 7. The third kappa shape index (κ3) is 3.46. The Morgan fingerprint density at radius 1 is 0.356 bits per heavy atom. The smallest absolute Gasteiger partial charge is 0.145 e. The number of fused-ring (bicyclic) bond motifs is 10. The summed E-state index contributed by atoms with van der Waals surface area (Å²) in [4.78, 5) is 0. The molecule has 10 aromatic rings. The van der Waals surface area contributed by atoms with E-state index in [2.05, 4.69) is 167 Å². The van der Waals surface area contributed by atoms with Gasteiger partial charge in [0.2, 0.25) is 0 Å². The van der Waals surface area contributed by atoms with Gasteiger partial charge in [0.1, 0.15) is 11.2 Å². The summed E-state index contributed by atoms with van der Waals surface area (Å²) in [6.45, 7) is 0. The lowest BCUT2D eigenvalue weighted by molar-refractivity contribution is 0.673. The predicted molar refractivity (Wildman–Crippen MR) is 188 cm³/mol. The fourth-order valence-corrected chi connectivity index (χ4v) is 7.33. The average molecular weight is 575 g/mol. The third-order valence-corrected chi connectivity index (χ3v) is 9.31. The van der Waals surface area contributed by atoms with Crippen molar-refractivity contribution in [1.82, 2.24) is 9.13 Å². The number of hydrogen-bond donors (Lipinski definition) is 0. The quantitative estimate of drug-likeness (QED) is 0.206. The molecule has 10 rings (SSSR count). The Balaban J connectivity index is 1.19. The van der Waals surface area contributed by atoms with Crippen LogP contribution in [-0.2, 0) is 0 Å². The highest BCUT2D eigenvalue weighted by Gasteiger charge is 2.19. The second-order valence-corrected chi connectivity index (χ2v) is 11.8. The van der Waals surface area contributed by atoms with Gasteiger partial charge in [0.15, 0.2) is 0 Å². The number of aromatic nitrogens is 2. The lowest BCUT2D eigenvalue weighted by atomic mass is 10.00. The van der Waals surface area contributed by atoms with Crippen molar-refractivity contribution < 1.29 is 4.42 Å². The molecular formula is C42H26N2O. The van der Waals surface area contributed by atoms with Crippen LogP contribution >= 0.6 is 0 Å². The zero-order chi connectivity index (χ0) is 29.5. The van der Waals surface area contributed by atoms with Crippen LogP contribution in [0.1, 0.15) is 0 Å². The molecule has 0 atom stereocenters. The van der Waals surface area contributed by atoms with Crippen molar-refractivity contribution in [2.75, 3.05) is 0 Å². The first-order valence-corrected chi connectivity index (χ1v) is 15.4. The highest BCUT2D eigenvalue weighted by atomic mass is 16.3. The van der Waals surface area contributed by atoms with Gasteiger partial charge in [-0.05, 0) is 83.9 Å². The zero-order valence-electron chi connectivity index (χ0n) is 24.3. The maximum Gasteiger partial charge on any atom is 0.145 e. The Morgan fingerprint density at radius 3 is 1.62 bits per heavy atom. The molecule has 0 radical (unpaired) electrons. The van der Waals surface area contributed by atoms with Crippen LogP contribution in [0.15, 0.2) is 162 Å². The monoisotopic (exact) mass is 574 g/mol. The first-order chi connectivity index (χ1) is 22.3. The predicted octanol–water partition coefficient (Wildman–Crippen LogP) is 11.4. The number of furan rings is 1. The van der Waals surface area contributed by atoms with Gasteiger partial charge in [-0.15, -0.1) is 0 Å². The minimum absolute atomic E-state index is 0.902. The molecule has 0 aliphatic carbocycles. The highest BCUT2D eigenvalue weighted by Crippen LogP contribution is 2.42. The summed E-state index contributed by atoms with van der Waals surface area (Å²) in [5.74, 6) is 0. The first-order valence-electron chi connectivity index (χ1n) is 15.4. The summed E-state index contributed by atoms with van der Waals surface area (Å²) in [5.41, 5.74) is 11.3. The molecule has 0 amide bonds. The van der Waals surface area contributed by atoms with Crippen LogP contribution in [0.25, 0.3) is 88.1 Å². The van der Waals surface area contributed by atoms with Crippen molar-refractivity contribution in [3.8, 4) is 22.5 Å². The Bertz CT molecular complexity index is 2740. The van der Waals surface area contributed by atoms with Gasteiger partial charge in [0.05, 0.1) is 27.5 Å². The van der Waals surface area contributed by atoms with E-state index in [0.29, 0.717) is 0 Å². The average Bonchev–Trinajstić information content (AvgIpc) is 3.76. The van der Waals surface area contributed by atoms with Gasteiger partial charge >= 0.3 is 0 Å². The van der Waals surface area contributed by atoms with E-state index in [9.17, 15) is 0 Å². The number of rotatable bonds is 3. The van der Waals surface area contributed by atoms with Crippen LogP contribution in [-0.4, -0.2) is 9.13 Å². The molecule has 0 fully saturated rings. The summed E-state index contributed by atoms with van der Waals surface area (Å²) < 4.78 is 11.4. The molecule has 0 aliphatic rings. The first kappa shape index (κ1) is 24.4. The Morgan fingerprint density at radius 2 is 0.889 bits per heavy atom. The van der Waals surface area contributed by atoms with Gasteiger partial charge in [-0.1, -0.05) is 84.9 Å². The van der Waals surface area contributed by atoms with Gasteiger partial charge < -0.3 is 13.6 Å². The maximum atomic E-state index is 6.68. The summed E-state index contributed by atoms with van der Waals surface area (Å²) in [7, 11) is 0. The minimum atomic E-state index is 0.902. The Hall–Kier alpha value is -6.06. The van der Waals surface area contributed by atoms with Gasteiger partial charge in [-0.3, -0.25) is 0 Å². The fraction of sp³-hybridized carbons (Fsp3) is 0. The molecule has 0 aliphatic heterocycles. The molecule has 3 heteroatoms. The van der Waals surface area contributed by atoms with E-state index in [1.54, 1.807) is 0 Å². The van der Waals surface area contributed by atoms with E-state index < -0.39 is 0 Å². The summed E-state index contributed by atoms with van der Waals surface area (Å²) >= 11 is 0. The molecule has 45 heavy (non-hydrogen) atoms. The Labute approximate surface area is 258 Å². The number of para-hydroxylation sites is 4. The highest BCUT2D eigenvalue weighted by molar-refractivity contribution is 6.24. The summed E-state index contributed by atoms with van der Waals surface area (Å²) in [6.07, 6.45) is 0. The normalized spacial score (nSPS) is 12.0. The topological polar surface area (TPSA) is 23.0 Å². The third-order valence-electron chi connectivity index (χ3n) is 9.31. The fourth-order valence-electron chi connectivity index (χ4n) is 7.33. The molecule has 210 valence electrons. The van der Waals surface area contributed by atoms with Crippen molar-refractivity contribution in [2.24, 2.45) is 0 Å². The standard InChI is InChI=1S/C42H26N2O/c1-3-11-29(12-4-1)43-36-17-9-7-15-31(36)34-25-27(19-22-38(34)43)28-20-24-40-35(26-28)32-21-23-39-41(42(32)45-40)33-16-8-10-18-37(33)44(39)30-13-5-2-6-14-30/h1-26H. The molecule has 3 heterocycles. The molecule has 0 saturated heterocycles. The molecule has 0 unspecified atom stereocenters. The summed E-state index contributed by atoms with van der Waals surface area (Å²) in [5, 5.41) is 7.12. The van der Waals surface area contributed by atoms with Crippen molar-refractivity contribution in [1.29, 1.82) is 0 Å². The second kappa shape index (κ2) is 9.22. The minimum Gasteiger partial charge on any atom is -0.455 e. The van der Waals surface area contributed by atoms with Gasteiger partial charge in [-0.25, -0.2) is 0 Å². The van der Waals surface area contributed by atoms with Crippen molar-refractivity contribution in [3.63, 3.8) is 0 Å². The van der Waals surface area contributed by atoms with E-state index in [1.807, 2.05) is 0 Å². The molecule has 0 bridgehead atoms. The van der Waals surface area contributed by atoms with Crippen molar-refractivity contribution in [3.05, 3.63) is 158 Å². The number of hydrogen-bond acceptors (Lipinski definition) is 1. The van der Waals surface area contributed by atoms with E-state index in [-0.39, 0.29) is 0 Å². The van der Waals surface area contributed by atoms with Crippen molar-refractivity contribution >= 4 is 65.6 Å². The number of nitrogens with zero attached hydrogens (tertiary/aromatic N) is 2. The maximum absolute atomic E-state index is 6.68. The van der Waals surface area contributed by atoms with Gasteiger partial charge in [0.25, 0.3) is 0 Å². The van der Waals surface area contributed by atoms with Crippen LogP contribution in [0.2, 0.25) is 0 Å². The zero-order valence-corrected chi connectivity index (χ0v) is 24.3. The van der Waals surface area contributed by atoms with Gasteiger partial charge in [0, 0.05) is 38.3 Å². The molecule has 3 aromatic heterocycles. The molecular weight excluding hydrogens is 548 g/mol. The van der Waals surface area contributed by atoms with E-state index in [4.69, 9.17) is 4.42 Å². The molecule has 0 spiro atoms. The van der Waals surface area contributed by atoms with Crippen LogP contribution in [0, 0.1) is 0 Å². The van der Waals surface area contributed by atoms with Crippen molar-refractivity contribution in [2.45, 2.75) is 0 Å². The van der Waals surface area contributed by atoms with Crippen LogP contribution in [0.4, 0.5) is 0 Å². The molecule has 7 aromatic carbocycles. The lowest BCUT2D eigenvalue weighted by Gasteiger charge is -2.08. The van der Waals surface area contributed by atoms with Gasteiger partial charge in [-0.2, -0.15) is 0 Å². The van der Waals surface area contributed by atoms with Crippen LogP contribution in [0.5, 0.6) is 0 Å². The second-order valence-electron chi connectivity index (χ2n) is 11.8. The molecule has 0 N–H and O–H groups in total. The SMILES string of the molecule is c1ccc(-n2c3ccccc3c3cc(-c4ccc5oc6c(ccc7c6c6ccccc6n7-c6ccccc6)c5c4)ccc32)cc1. The molecule has 3 nitrogen and oxygen atoms in total. The van der Waals surface area contributed by atoms with E-state index in [0.717, 1.165) is 38.5 Å². The lowest BCUT2D eigenvalue weighted by Crippen LogP contribution is -1.92.